The standard InChI is InChI=1S/C18H22Cl2N4O4/c1-3-4-7-23-13(21)12(14(25)22-16(23)27)24(9-11-6-5-8-28-11)15(26)17(2)10-18(17,19)20/h5-6,8H,3-4,7,9-10,21H2,1-2H3,(H,22,25,27). The summed E-state index contributed by atoms with van der Waals surface area (Å²) in [5.74, 6) is -0.106. The molecule has 0 spiro atoms. The predicted octanol–water partition coefficient (Wildman–Crippen LogP) is 2.63. The number of hydrogen-bond donors (Lipinski definition) is 2. The zero-order chi connectivity index (χ0) is 20.7. The molecule has 152 valence electrons. The zero-order valence-corrected chi connectivity index (χ0v) is 17.1. The normalized spacial score (nSPS) is 20.1. The minimum atomic E-state index is -1.23. The van der Waals surface area contributed by atoms with Gasteiger partial charge in [0, 0.05) is 6.54 Å². The molecule has 2 aromatic rings. The Labute approximate surface area is 171 Å². The summed E-state index contributed by atoms with van der Waals surface area (Å²) in [4.78, 5) is 41.6. The van der Waals surface area contributed by atoms with E-state index in [0.717, 1.165) is 6.42 Å². The number of nitrogens with zero attached hydrogens (tertiary/aromatic N) is 2. The highest BCUT2D eigenvalue weighted by atomic mass is 35.5. The zero-order valence-electron chi connectivity index (χ0n) is 15.6. The summed E-state index contributed by atoms with van der Waals surface area (Å²) in [6, 6.07) is 3.33. The number of amides is 1. The third-order valence-corrected chi connectivity index (χ3v) is 6.19. The number of aromatic nitrogens is 2. The molecule has 1 atom stereocenters. The molecule has 2 aromatic heterocycles. The highest BCUT2D eigenvalue weighted by Crippen LogP contribution is 2.64. The maximum Gasteiger partial charge on any atom is 0.330 e. The van der Waals surface area contributed by atoms with Gasteiger partial charge in [-0.3, -0.25) is 24.0 Å². The molecule has 8 nitrogen and oxygen atoms in total. The number of rotatable bonds is 7. The lowest BCUT2D eigenvalue weighted by atomic mass is 10.1. The Morgan fingerprint density at radius 1 is 1.43 bits per heavy atom. The van der Waals surface area contributed by atoms with E-state index < -0.39 is 26.9 Å². The molecular formula is C18H22Cl2N4O4. The number of alkyl halides is 2. The monoisotopic (exact) mass is 428 g/mol. The Kier molecular flexibility index (Phi) is 5.38. The highest BCUT2D eigenvalue weighted by Gasteiger charge is 2.69. The van der Waals surface area contributed by atoms with Crippen molar-refractivity contribution in [2.75, 3.05) is 10.6 Å². The van der Waals surface area contributed by atoms with Gasteiger partial charge in [-0.15, -0.1) is 23.2 Å². The highest BCUT2D eigenvalue weighted by molar-refractivity contribution is 6.53. The van der Waals surface area contributed by atoms with Crippen molar-refractivity contribution in [3.8, 4) is 0 Å². The lowest BCUT2D eigenvalue weighted by molar-refractivity contribution is -0.123. The third kappa shape index (κ3) is 3.46. The molecule has 0 radical (unpaired) electrons. The summed E-state index contributed by atoms with van der Waals surface area (Å²) in [5.41, 5.74) is 3.61. The molecule has 1 unspecified atom stereocenters. The summed E-state index contributed by atoms with van der Waals surface area (Å²) in [6.45, 7) is 3.86. The van der Waals surface area contributed by atoms with Crippen molar-refractivity contribution in [3.63, 3.8) is 0 Å². The summed E-state index contributed by atoms with van der Waals surface area (Å²) < 4.78 is 5.36. The first-order chi connectivity index (χ1) is 13.1. The first-order valence-corrected chi connectivity index (χ1v) is 9.72. The van der Waals surface area contributed by atoms with Crippen molar-refractivity contribution in [2.24, 2.45) is 5.41 Å². The van der Waals surface area contributed by atoms with Gasteiger partial charge >= 0.3 is 5.69 Å². The maximum absolute atomic E-state index is 13.3. The van der Waals surface area contributed by atoms with Crippen LogP contribution in [-0.2, 0) is 17.9 Å². The van der Waals surface area contributed by atoms with Crippen LogP contribution in [-0.4, -0.2) is 19.8 Å². The number of unbranched alkanes of at least 4 members (excludes halogenated alkanes) is 1. The van der Waals surface area contributed by atoms with Gasteiger partial charge in [0.1, 0.15) is 15.9 Å². The topological polar surface area (TPSA) is 114 Å². The van der Waals surface area contributed by atoms with Crippen LogP contribution in [0.3, 0.4) is 0 Å². The number of aromatic amines is 1. The number of halogens is 2. The van der Waals surface area contributed by atoms with Gasteiger partial charge < -0.3 is 10.2 Å². The lowest BCUT2D eigenvalue weighted by Crippen LogP contribution is -2.44. The van der Waals surface area contributed by atoms with Crippen molar-refractivity contribution < 1.29 is 9.21 Å². The molecule has 1 amide bonds. The molecule has 0 aromatic carbocycles. The molecule has 0 aliphatic heterocycles. The molecule has 3 N–H and O–H groups in total. The van der Waals surface area contributed by atoms with E-state index in [2.05, 4.69) is 4.98 Å². The molecule has 3 rings (SSSR count). The Hall–Kier alpha value is -2.19. The van der Waals surface area contributed by atoms with Gasteiger partial charge in [-0.2, -0.15) is 0 Å². The van der Waals surface area contributed by atoms with Crippen LogP contribution >= 0.6 is 23.2 Å². The molecule has 1 fully saturated rings. The van der Waals surface area contributed by atoms with Crippen LogP contribution in [0.1, 0.15) is 38.9 Å². The quantitative estimate of drug-likeness (QED) is 0.657. The van der Waals surface area contributed by atoms with E-state index in [4.69, 9.17) is 33.4 Å². The summed E-state index contributed by atoms with van der Waals surface area (Å²) in [5, 5.41) is 0. The van der Waals surface area contributed by atoms with Crippen molar-refractivity contribution in [1.29, 1.82) is 0 Å². The predicted molar refractivity (Wildman–Crippen MR) is 108 cm³/mol. The molecule has 28 heavy (non-hydrogen) atoms. The van der Waals surface area contributed by atoms with Crippen molar-refractivity contribution >= 4 is 40.6 Å². The van der Waals surface area contributed by atoms with Gasteiger partial charge in [-0.05, 0) is 31.9 Å². The maximum atomic E-state index is 13.3. The lowest BCUT2D eigenvalue weighted by Gasteiger charge is -2.27. The molecule has 10 heteroatoms. The van der Waals surface area contributed by atoms with Gasteiger partial charge in [-0.25, -0.2) is 4.79 Å². The molecule has 1 saturated carbocycles. The Balaban J connectivity index is 2.12. The molecule has 2 heterocycles. The minimum Gasteiger partial charge on any atom is -0.467 e. The minimum absolute atomic E-state index is 0.0510. The Morgan fingerprint density at radius 3 is 2.64 bits per heavy atom. The first kappa shape index (κ1) is 20.5. The molecule has 1 aliphatic carbocycles. The number of H-pyrrole nitrogens is 1. The van der Waals surface area contributed by atoms with Crippen LogP contribution in [0.4, 0.5) is 11.5 Å². The van der Waals surface area contributed by atoms with E-state index in [1.54, 1.807) is 19.1 Å². The van der Waals surface area contributed by atoms with Crippen LogP contribution in [0.2, 0.25) is 0 Å². The summed E-state index contributed by atoms with van der Waals surface area (Å²) >= 11 is 12.4. The second kappa shape index (κ2) is 7.33. The average Bonchev–Trinajstić information content (AvgIpc) is 2.97. The van der Waals surface area contributed by atoms with E-state index >= 15 is 0 Å². The van der Waals surface area contributed by atoms with Crippen LogP contribution < -0.4 is 21.9 Å². The molecule has 0 bridgehead atoms. The van der Waals surface area contributed by atoms with Crippen LogP contribution in [0.25, 0.3) is 0 Å². The first-order valence-electron chi connectivity index (χ1n) is 8.97. The second-order valence-electron chi connectivity index (χ2n) is 7.18. The number of furan rings is 1. The Morgan fingerprint density at radius 2 is 2.11 bits per heavy atom. The van der Waals surface area contributed by atoms with E-state index in [9.17, 15) is 14.4 Å². The number of carbonyl (C=O) groups excluding carboxylic acids is 1. The molecule has 0 saturated heterocycles. The number of nitrogens with two attached hydrogens (primary N) is 1. The molecule has 1 aliphatic rings. The van der Waals surface area contributed by atoms with Gasteiger partial charge in [0.2, 0.25) is 5.91 Å². The fourth-order valence-electron chi connectivity index (χ4n) is 3.12. The Bertz CT molecular complexity index is 996. The van der Waals surface area contributed by atoms with Gasteiger partial charge in [0.05, 0.1) is 18.2 Å². The van der Waals surface area contributed by atoms with E-state index in [1.807, 2.05) is 6.92 Å². The van der Waals surface area contributed by atoms with Crippen LogP contribution in [0.5, 0.6) is 0 Å². The van der Waals surface area contributed by atoms with Gasteiger partial charge in [0.25, 0.3) is 5.56 Å². The summed E-state index contributed by atoms with van der Waals surface area (Å²) in [6.07, 6.45) is 3.21. The van der Waals surface area contributed by atoms with Crippen molar-refractivity contribution in [2.45, 2.75) is 50.5 Å². The fourth-order valence-corrected chi connectivity index (χ4v) is 3.81. The average molecular weight is 429 g/mol. The van der Waals surface area contributed by atoms with E-state index in [-0.39, 0.29) is 24.5 Å². The van der Waals surface area contributed by atoms with E-state index in [0.29, 0.717) is 18.7 Å². The smallest absolute Gasteiger partial charge is 0.330 e. The second-order valence-corrected chi connectivity index (χ2v) is 8.67. The van der Waals surface area contributed by atoms with E-state index in [1.165, 1.54) is 15.7 Å². The molecular weight excluding hydrogens is 407 g/mol. The van der Waals surface area contributed by atoms with Crippen LogP contribution in [0.15, 0.2) is 32.4 Å². The third-order valence-electron chi connectivity index (χ3n) is 5.09. The number of hydrogen-bond acceptors (Lipinski definition) is 5. The largest absolute Gasteiger partial charge is 0.467 e. The number of nitrogen functional groups attached to an aromatic ring is 1. The van der Waals surface area contributed by atoms with Crippen molar-refractivity contribution in [1.82, 2.24) is 9.55 Å². The number of nitrogens with one attached hydrogen (secondary N) is 1. The SMILES string of the molecule is CCCCn1c(N)c(N(Cc2ccco2)C(=O)C2(C)CC2(Cl)Cl)c(=O)[nH]c1=O. The van der Waals surface area contributed by atoms with Crippen molar-refractivity contribution in [3.05, 3.63) is 45.0 Å². The summed E-state index contributed by atoms with van der Waals surface area (Å²) in [7, 11) is 0. The van der Waals surface area contributed by atoms with Gasteiger partial charge in [-0.1, -0.05) is 13.3 Å². The number of carbonyl (C=O) groups is 1. The van der Waals surface area contributed by atoms with Crippen LogP contribution in [0, 0.1) is 5.41 Å². The number of anilines is 2. The fraction of sp³-hybridized carbons (Fsp3) is 0.500. The van der Waals surface area contributed by atoms with Gasteiger partial charge in [0.15, 0.2) is 5.69 Å².